The molecule has 0 saturated heterocycles. The number of aromatic nitrogens is 2. The molecule has 18 heavy (non-hydrogen) atoms. The zero-order valence-electron chi connectivity index (χ0n) is 10.1. The third kappa shape index (κ3) is 3.30. The van der Waals surface area contributed by atoms with Crippen molar-refractivity contribution in [3.8, 4) is 0 Å². The van der Waals surface area contributed by atoms with Crippen LogP contribution in [-0.4, -0.2) is 47.3 Å². The minimum atomic E-state index is -0.764. The van der Waals surface area contributed by atoms with E-state index >= 15 is 0 Å². The molecule has 0 bridgehead atoms. The van der Waals surface area contributed by atoms with Crippen LogP contribution in [0.25, 0.3) is 0 Å². The largest absolute Gasteiger partial charge is 0.481 e. The minimum Gasteiger partial charge on any atom is -0.481 e. The Hall–Kier alpha value is -1.89. The zero-order chi connectivity index (χ0) is 13.0. The summed E-state index contributed by atoms with van der Waals surface area (Å²) in [7, 11) is 1.63. The monoisotopic (exact) mass is 252 g/mol. The Morgan fingerprint density at radius 3 is 3.00 bits per heavy atom. The normalized spacial score (nSPS) is 21.4. The number of anilines is 2. The molecule has 1 aliphatic rings. The highest BCUT2D eigenvalue weighted by atomic mass is 16.5. The number of nitrogens with one attached hydrogen (secondary N) is 2. The molecule has 1 aromatic rings. The predicted octanol–water partition coefficient (Wildman–Crippen LogP) is 0.420. The van der Waals surface area contributed by atoms with E-state index in [0.29, 0.717) is 31.2 Å². The molecule has 7 heteroatoms. The van der Waals surface area contributed by atoms with E-state index in [2.05, 4.69) is 20.6 Å². The highest BCUT2D eigenvalue weighted by molar-refractivity contribution is 5.75. The van der Waals surface area contributed by atoms with E-state index in [0.717, 1.165) is 0 Å². The summed E-state index contributed by atoms with van der Waals surface area (Å²) in [6.07, 6.45) is 2.08. The molecule has 1 aromatic heterocycles. The average Bonchev–Trinajstić information content (AvgIpc) is 3.09. The molecule has 1 saturated carbocycles. The second-order valence-corrected chi connectivity index (χ2v) is 4.14. The van der Waals surface area contributed by atoms with Crippen molar-refractivity contribution in [3.05, 3.63) is 12.4 Å². The van der Waals surface area contributed by atoms with Gasteiger partial charge >= 0.3 is 5.97 Å². The average molecular weight is 252 g/mol. The Bertz CT molecular complexity index is 427. The molecule has 0 radical (unpaired) electrons. The summed E-state index contributed by atoms with van der Waals surface area (Å²) in [6.45, 7) is 1.25. The lowest BCUT2D eigenvalue weighted by Crippen LogP contribution is -2.12. The molecule has 0 amide bonds. The van der Waals surface area contributed by atoms with Gasteiger partial charge in [-0.05, 0) is 6.42 Å². The highest BCUT2D eigenvalue weighted by Gasteiger charge is 2.43. The molecule has 2 rings (SSSR count). The van der Waals surface area contributed by atoms with Crippen molar-refractivity contribution in [1.82, 2.24) is 9.97 Å². The van der Waals surface area contributed by atoms with Crippen molar-refractivity contribution in [2.45, 2.75) is 12.5 Å². The van der Waals surface area contributed by atoms with E-state index in [9.17, 15) is 4.79 Å². The summed E-state index contributed by atoms with van der Waals surface area (Å²) in [5.74, 6) is 0.264. The fourth-order valence-corrected chi connectivity index (χ4v) is 1.63. The van der Waals surface area contributed by atoms with Gasteiger partial charge < -0.3 is 20.5 Å². The lowest BCUT2D eigenvalue weighted by Gasteiger charge is -2.07. The maximum absolute atomic E-state index is 10.7. The number of nitrogens with zero attached hydrogens (tertiary/aromatic N) is 2. The van der Waals surface area contributed by atoms with E-state index < -0.39 is 5.97 Å². The first-order valence-electron chi connectivity index (χ1n) is 5.75. The summed E-state index contributed by atoms with van der Waals surface area (Å²) in [4.78, 5) is 18.8. The van der Waals surface area contributed by atoms with Gasteiger partial charge in [-0.2, -0.15) is 0 Å². The zero-order valence-corrected chi connectivity index (χ0v) is 10.1. The Kier molecular flexibility index (Phi) is 3.93. The molecule has 1 heterocycles. The number of hydrogen-bond donors (Lipinski definition) is 3. The van der Waals surface area contributed by atoms with Gasteiger partial charge in [0.25, 0.3) is 0 Å². The Balaban J connectivity index is 1.86. The predicted molar refractivity (Wildman–Crippen MR) is 65.6 cm³/mol. The van der Waals surface area contributed by atoms with Gasteiger partial charge in [0.1, 0.15) is 18.0 Å². The first-order chi connectivity index (χ1) is 8.70. The molecular formula is C11H16N4O3. The number of rotatable bonds is 7. The molecule has 0 aliphatic heterocycles. The van der Waals surface area contributed by atoms with Crippen molar-refractivity contribution >= 4 is 17.6 Å². The molecule has 0 aromatic carbocycles. The number of carboxylic acid groups (broad SMARTS) is 1. The van der Waals surface area contributed by atoms with Gasteiger partial charge in [0.2, 0.25) is 0 Å². The Labute approximate surface area is 105 Å². The third-order valence-electron chi connectivity index (χ3n) is 2.72. The van der Waals surface area contributed by atoms with Crippen LogP contribution in [0.1, 0.15) is 6.42 Å². The molecular weight excluding hydrogens is 236 g/mol. The van der Waals surface area contributed by atoms with Crippen LogP contribution in [0.2, 0.25) is 0 Å². The van der Waals surface area contributed by atoms with Gasteiger partial charge in [-0.25, -0.2) is 9.97 Å². The van der Waals surface area contributed by atoms with E-state index in [4.69, 9.17) is 9.84 Å². The van der Waals surface area contributed by atoms with Crippen LogP contribution in [0, 0.1) is 5.92 Å². The van der Waals surface area contributed by atoms with E-state index in [1.165, 1.54) is 6.33 Å². The van der Waals surface area contributed by atoms with E-state index in [1.807, 2.05) is 0 Å². The highest BCUT2D eigenvalue weighted by Crippen LogP contribution is 2.33. The van der Waals surface area contributed by atoms with Gasteiger partial charge in [-0.15, -0.1) is 0 Å². The van der Waals surface area contributed by atoms with Gasteiger partial charge in [-0.1, -0.05) is 0 Å². The number of ether oxygens (including phenoxy) is 1. The maximum atomic E-state index is 10.7. The molecule has 3 N–H and O–H groups in total. The summed E-state index contributed by atoms with van der Waals surface area (Å²) in [5.41, 5.74) is 0. The molecule has 7 nitrogen and oxygen atoms in total. The SMILES string of the molecule is COCCNc1cc(NC2CC2C(=O)O)ncn1. The van der Waals surface area contributed by atoms with Crippen LogP contribution in [0.3, 0.4) is 0 Å². The molecule has 98 valence electrons. The van der Waals surface area contributed by atoms with Crippen LogP contribution < -0.4 is 10.6 Å². The van der Waals surface area contributed by atoms with Crippen molar-refractivity contribution in [1.29, 1.82) is 0 Å². The molecule has 1 fully saturated rings. The van der Waals surface area contributed by atoms with Crippen molar-refractivity contribution in [2.24, 2.45) is 5.92 Å². The Morgan fingerprint density at radius 1 is 1.56 bits per heavy atom. The topological polar surface area (TPSA) is 96.4 Å². The molecule has 0 spiro atoms. The van der Waals surface area contributed by atoms with Gasteiger partial charge in [0, 0.05) is 25.8 Å². The lowest BCUT2D eigenvalue weighted by molar-refractivity contribution is -0.138. The van der Waals surface area contributed by atoms with Crippen molar-refractivity contribution < 1.29 is 14.6 Å². The second-order valence-electron chi connectivity index (χ2n) is 4.14. The van der Waals surface area contributed by atoms with Crippen molar-refractivity contribution in [3.63, 3.8) is 0 Å². The quantitative estimate of drug-likeness (QED) is 0.605. The second kappa shape index (κ2) is 5.63. The van der Waals surface area contributed by atoms with Crippen LogP contribution in [0.15, 0.2) is 12.4 Å². The number of methoxy groups -OCH3 is 1. The minimum absolute atomic E-state index is 0.0239. The van der Waals surface area contributed by atoms with E-state index in [-0.39, 0.29) is 12.0 Å². The number of aliphatic carboxylic acids is 1. The van der Waals surface area contributed by atoms with Crippen LogP contribution in [0.5, 0.6) is 0 Å². The fourth-order valence-electron chi connectivity index (χ4n) is 1.63. The smallest absolute Gasteiger partial charge is 0.308 e. The summed E-state index contributed by atoms with van der Waals surface area (Å²) in [6, 6.07) is 1.73. The molecule has 1 aliphatic carbocycles. The fraction of sp³-hybridized carbons (Fsp3) is 0.545. The summed E-state index contributed by atoms with van der Waals surface area (Å²) in [5, 5.41) is 15.0. The summed E-state index contributed by atoms with van der Waals surface area (Å²) < 4.78 is 4.92. The Morgan fingerprint density at radius 2 is 2.33 bits per heavy atom. The van der Waals surface area contributed by atoms with Gasteiger partial charge in [-0.3, -0.25) is 4.79 Å². The number of carboxylic acids is 1. The molecule has 2 unspecified atom stereocenters. The van der Waals surface area contributed by atoms with Crippen LogP contribution in [0.4, 0.5) is 11.6 Å². The van der Waals surface area contributed by atoms with Crippen LogP contribution in [-0.2, 0) is 9.53 Å². The summed E-state index contributed by atoms with van der Waals surface area (Å²) >= 11 is 0. The molecule has 2 atom stereocenters. The third-order valence-corrected chi connectivity index (χ3v) is 2.72. The van der Waals surface area contributed by atoms with E-state index in [1.54, 1.807) is 13.2 Å². The first kappa shape index (κ1) is 12.6. The number of carbonyl (C=O) groups is 1. The van der Waals surface area contributed by atoms with Crippen LogP contribution >= 0.6 is 0 Å². The number of hydrogen-bond acceptors (Lipinski definition) is 6. The maximum Gasteiger partial charge on any atom is 0.308 e. The first-order valence-corrected chi connectivity index (χ1v) is 5.75. The van der Waals surface area contributed by atoms with Gasteiger partial charge in [0.05, 0.1) is 12.5 Å². The van der Waals surface area contributed by atoms with Crippen molar-refractivity contribution in [2.75, 3.05) is 30.9 Å². The standard InChI is InChI=1S/C11H16N4O3/c1-18-3-2-12-9-5-10(14-6-13-9)15-8-4-7(8)11(16)17/h5-8H,2-4H2,1H3,(H,16,17)(H2,12,13,14,15). The lowest BCUT2D eigenvalue weighted by atomic mass is 10.4. The van der Waals surface area contributed by atoms with Gasteiger partial charge in [0.15, 0.2) is 0 Å².